The Balaban J connectivity index is 2.26. The fraction of sp³-hybridized carbons (Fsp3) is 0.400. The molecular formula is C25H30ClN3O3. The van der Waals surface area contributed by atoms with E-state index in [-0.39, 0.29) is 17.4 Å². The van der Waals surface area contributed by atoms with Gasteiger partial charge in [-0.25, -0.2) is 4.98 Å². The Morgan fingerprint density at radius 2 is 1.88 bits per heavy atom. The van der Waals surface area contributed by atoms with Crippen molar-refractivity contribution < 1.29 is 9.53 Å². The van der Waals surface area contributed by atoms with Crippen molar-refractivity contribution in [2.45, 2.75) is 40.2 Å². The monoisotopic (exact) mass is 455 g/mol. The maximum Gasteiger partial charge on any atom is 0.266 e. The van der Waals surface area contributed by atoms with Crippen LogP contribution in [0.25, 0.3) is 16.6 Å². The highest BCUT2D eigenvalue weighted by molar-refractivity contribution is 6.31. The number of fused-ring (bicyclic) bond motifs is 1. The van der Waals surface area contributed by atoms with Gasteiger partial charge < -0.3 is 9.64 Å². The number of benzene rings is 2. The quantitative estimate of drug-likeness (QED) is 0.483. The molecule has 7 heteroatoms. The number of ether oxygens (including phenoxy) is 1. The lowest BCUT2D eigenvalue weighted by molar-refractivity contribution is -0.135. The molecule has 1 aromatic heterocycles. The zero-order valence-corrected chi connectivity index (χ0v) is 20.0. The molecule has 0 N–H and O–H groups in total. The Kier molecular flexibility index (Phi) is 7.69. The largest absolute Gasteiger partial charge is 0.383 e. The number of nitrogens with zero attached hydrogens (tertiary/aromatic N) is 3. The van der Waals surface area contributed by atoms with E-state index in [4.69, 9.17) is 21.3 Å². The number of rotatable bonds is 8. The second-order valence-corrected chi connectivity index (χ2v) is 8.77. The fourth-order valence-electron chi connectivity index (χ4n) is 3.83. The van der Waals surface area contributed by atoms with E-state index in [9.17, 15) is 9.59 Å². The van der Waals surface area contributed by atoms with Crippen LogP contribution in [0.15, 0.2) is 47.3 Å². The fourth-order valence-corrected chi connectivity index (χ4v) is 4.00. The molecule has 3 aromatic rings. The maximum atomic E-state index is 13.7. The van der Waals surface area contributed by atoms with Gasteiger partial charge >= 0.3 is 0 Å². The summed E-state index contributed by atoms with van der Waals surface area (Å²) < 4.78 is 6.85. The SMILES string of the molecule is COCCN(C(=O)CC(C)C)C(C)c1nc2ccccc2c(=O)n1-c1cccc(Cl)c1C. The van der Waals surface area contributed by atoms with E-state index >= 15 is 0 Å². The van der Waals surface area contributed by atoms with Crippen molar-refractivity contribution >= 4 is 28.4 Å². The highest BCUT2D eigenvalue weighted by atomic mass is 35.5. The first-order chi connectivity index (χ1) is 15.3. The molecule has 0 aliphatic rings. The normalized spacial score (nSPS) is 12.3. The smallest absolute Gasteiger partial charge is 0.266 e. The van der Waals surface area contributed by atoms with Crippen molar-refractivity contribution in [3.8, 4) is 5.69 Å². The van der Waals surface area contributed by atoms with Crippen LogP contribution in [0.1, 0.15) is 44.6 Å². The lowest BCUT2D eigenvalue weighted by Gasteiger charge is -2.31. The van der Waals surface area contributed by atoms with Gasteiger partial charge in [-0.05, 0) is 49.6 Å². The van der Waals surface area contributed by atoms with Gasteiger partial charge in [-0.15, -0.1) is 0 Å². The molecule has 170 valence electrons. The van der Waals surface area contributed by atoms with E-state index < -0.39 is 6.04 Å². The van der Waals surface area contributed by atoms with Crippen LogP contribution in [0.5, 0.6) is 0 Å². The van der Waals surface area contributed by atoms with Crippen LogP contribution in [0.2, 0.25) is 5.02 Å². The third kappa shape index (κ3) is 4.87. The molecule has 0 aliphatic heterocycles. The number of carbonyl (C=O) groups is 1. The van der Waals surface area contributed by atoms with Crippen LogP contribution in [0.4, 0.5) is 0 Å². The predicted octanol–water partition coefficient (Wildman–Crippen LogP) is 4.93. The number of aromatic nitrogens is 2. The molecule has 0 saturated heterocycles. The van der Waals surface area contributed by atoms with Crippen LogP contribution in [0, 0.1) is 12.8 Å². The van der Waals surface area contributed by atoms with Crippen LogP contribution in [0.3, 0.4) is 0 Å². The van der Waals surface area contributed by atoms with E-state index in [0.29, 0.717) is 47.0 Å². The van der Waals surface area contributed by atoms with Gasteiger partial charge in [-0.3, -0.25) is 14.2 Å². The summed E-state index contributed by atoms with van der Waals surface area (Å²) in [6, 6.07) is 12.3. The summed E-state index contributed by atoms with van der Waals surface area (Å²) in [5.41, 5.74) is 1.84. The van der Waals surface area contributed by atoms with Crippen molar-refractivity contribution in [2.24, 2.45) is 5.92 Å². The summed E-state index contributed by atoms with van der Waals surface area (Å²) in [4.78, 5) is 33.4. The molecule has 3 rings (SSSR count). The van der Waals surface area contributed by atoms with Gasteiger partial charge in [-0.1, -0.05) is 43.6 Å². The van der Waals surface area contributed by atoms with Crippen molar-refractivity contribution in [3.63, 3.8) is 0 Å². The summed E-state index contributed by atoms with van der Waals surface area (Å²) in [6.07, 6.45) is 0.405. The first-order valence-corrected chi connectivity index (χ1v) is 11.2. The van der Waals surface area contributed by atoms with Gasteiger partial charge in [0.15, 0.2) is 0 Å². The molecule has 1 heterocycles. The molecule has 0 fully saturated rings. The van der Waals surface area contributed by atoms with Gasteiger partial charge in [0.2, 0.25) is 5.91 Å². The van der Waals surface area contributed by atoms with Gasteiger partial charge in [0.05, 0.1) is 29.2 Å². The minimum Gasteiger partial charge on any atom is -0.383 e. The van der Waals surface area contributed by atoms with Crippen LogP contribution in [-0.4, -0.2) is 40.6 Å². The van der Waals surface area contributed by atoms with Gasteiger partial charge in [-0.2, -0.15) is 0 Å². The summed E-state index contributed by atoms with van der Waals surface area (Å²) in [5, 5.41) is 1.08. The molecule has 0 bridgehead atoms. The highest BCUT2D eigenvalue weighted by Crippen LogP contribution is 2.27. The van der Waals surface area contributed by atoms with E-state index in [1.807, 2.05) is 58.0 Å². The number of hydrogen-bond acceptors (Lipinski definition) is 4. The van der Waals surface area contributed by atoms with Crippen molar-refractivity contribution in [1.29, 1.82) is 0 Å². The summed E-state index contributed by atoms with van der Waals surface area (Å²) in [7, 11) is 1.61. The predicted molar refractivity (Wildman–Crippen MR) is 129 cm³/mol. The Morgan fingerprint density at radius 3 is 2.56 bits per heavy atom. The average molecular weight is 456 g/mol. The number of para-hydroxylation sites is 1. The molecule has 0 aliphatic carbocycles. The van der Waals surface area contributed by atoms with Crippen LogP contribution >= 0.6 is 11.6 Å². The molecule has 1 unspecified atom stereocenters. The number of hydrogen-bond donors (Lipinski definition) is 0. The molecule has 0 radical (unpaired) electrons. The van der Waals surface area contributed by atoms with Crippen molar-refractivity contribution in [3.05, 3.63) is 69.2 Å². The Morgan fingerprint density at radius 1 is 1.16 bits per heavy atom. The molecule has 1 atom stereocenters. The average Bonchev–Trinajstić information content (AvgIpc) is 2.75. The lowest BCUT2D eigenvalue weighted by atomic mass is 10.1. The zero-order valence-electron chi connectivity index (χ0n) is 19.3. The highest BCUT2D eigenvalue weighted by Gasteiger charge is 2.27. The standard InChI is InChI=1S/C25H30ClN3O3/c1-16(2)15-23(30)28(13-14-32-5)18(4)24-27-21-11-7-6-9-19(21)25(31)29(24)22-12-8-10-20(26)17(22)3/h6-12,16,18H,13-15H2,1-5H3. The topological polar surface area (TPSA) is 64.4 Å². The summed E-state index contributed by atoms with van der Waals surface area (Å²) in [6.45, 7) is 8.59. The van der Waals surface area contributed by atoms with Crippen LogP contribution in [-0.2, 0) is 9.53 Å². The number of carbonyl (C=O) groups excluding carboxylic acids is 1. The van der Waals surface area contributed by atoms with Gasteiger partial charge in [0.25, 0.3) is 5.56 Å². The molecule has 6 nitrogen and oxygen atoms in total. The Bertz CT molecular complexity index is 1170. The third-order valence-corrected chi connectivity index (χ3v) is 5.97. The molecule has 1 amide bonds. The molecule has 0 saturated carbocycles. The molecular weight excluding hydrogens is 426 g/mol. The minimum atomic E-state index is -0.452. The number of amides is 1. The van der Waals surface area contributed by atoms with Crippen molar-refractivity contribution in [2.75, 3.05) is 20.3 Å². The second kappa shape index (κ2) is 10.3. The Hall–Kier alpha value is -2.70. The lowest BCUT2D eigenvalue weighted by Crippen LogP contribution is -2.39. The van der Waals surface area contributed by atoms with Gasteiger partial charge in [0.1, 0.15) is 5.82 Å². The van der Waals surface area contributed by atoms with E-state index in [0.717, 1.165) is 5.56 Å². The van der Waals surface area contributed by atoms with E-state index in [2.05, 4.69) is 0 Å². The molecule has 2 aromatic carbocycles. The van der Waals surface area contributed by atoms with E-state index in [1.165, 1.54) is 0 Å². The number of halogens is 1. The second-order valence-electron chi connectivity index (χ2n) is 8.37. The van der Waals surface area contributed by atoms with E-state index in [1.54, 1.807) is 28.7 Å². The number of methoxy groups -OCH3 is 1. The zero-order chi connectivity index (χ0) is 23.4. The summed E-state index contributed by atoms with van der Waals surface area (Å²) in [5.74, 6) is 0.704. The van der Waals surface area contributed by atoms with Crippen molar-refractivity contribution in [1.82, 2.24) is 14.5 Å². The minimum absolute atomic E-state index is 0.00123. The van der Waals surface area contributed by atoms with Gasteiger partial charge in [0, 0.05) is 25.1 Å². The molecule has 0 spiro atoms. The first-order valence-electron chi connectivity index (χ1n) is 10.8. The third-order valence-electron chi connectivity index (χ3n) is 5.56. The summed E-state index contributed by atoms with van der Waals surface area (Å²) >= 11 is 6.39. The maximum absolute atomic E-state index is 13.7. The molecule has 32 heavy (non-hydrogen) atoms. The first kappa shape index (κ1) is 24.0. The van der Waals surface area contributed by atoms with Crippen LogP contribution < -0.4 is 5.56 Å². The Labute approximate surface area is 193 Å².